The molecule has 0 bridgehead atoms. The molecule has 2 atom stereocenters. The van der Waals surface area contributed by atoms with Crippen LogP contribution in [0.1, 0.15) is 57.1 Å². The molecule has 0 heterocycles. The Bertz CT molecular complexity index is 1300. The summed E-state index contributed by atoms with van der Waals surface area (Å²) < 4.78 is 6.42. The average Bonchev–Trinajstić information content (AvgIpc) is 3.02. The number of aryl methyl sites for hydroxylation is 1. The van der Waals surface area contributed by atoms with Gasteiger partial charge in [-0.2, -0.15) is 0 Å². The Hall–Kier alpha value is -4.00. The largest absolute Gasteiger partial charge is 0.494 e. The van der Waals surface area contributed by atoms with Gasteiger partial charge in [0.05, 0.1) is 39.8 Å². The Morgan fingerprint density at radius 1 is 0.872 bits per heavy atom. The number of unbranched alkanes of at least 4 members (excludes halogenated alkanes) is 2. The Labute approximate surface area is 279 Å². The number of nitrogens with one attached hydrogen (secondary N) is 3. The lowest BCUT2D eigenvalue weighted by molar-refractivity contribution is -0.881. The van der Waals surface area contributed by atoms with Gasteiger partial charge in [-0.25, -0.2) is 0 Å². The van der Waals surface area contributed by atoms with Gasteiger partial charge in [0.2, 0.25) is 11.8 Å². The molecule has 3 amide bonds. The van der Waals surface area contributed by atoms with Crippen molar-refractivity contribution in [2.24, 2.45) is 11.5 Å². The number of rotatable bonds is 22. The molecule has 2 aromatic rings. The third-order valence-corrected chi connectivity index (χ3v) is 7.90. The van der Waals surface area contributed by atoms with Crippen molar-refractivity contribution >= 4 is 23.7 Å². The van der Waals surface area contributed by atoms with Gasteiger partial charge >= 0.3 is 5.97 Å². The van der Waals surface area contributed by atoms with E-state index in [9.17, 15) is 19.2 Å². The van der Waals surface area contributed by atoms with Crippen LogP contribution in [0.3, 0.4) is 0 Å². The van der Waals surface area contributed by atoms with Gasteiger partial charge in [-0.05, 0) is 79.3 Å². The fourth-order valence-electron chi connectivity index (χ4n) is 5.06. The van der Waals surface area contributed by atoms with E-state index in [1.54, 1.807) is 0 Å². The molecule has 2 rings (SSSR count). The second-order valence-electron chi connectivity index (χ2n) is 12.6. The highest BCUT2D eigenvalue weighted by Crippen LogP contribution is 2.28. The summed E-state index contributed by atoms with van der Waals surface area (Å²) in [4.78, 5) is 46.7. The van der Waals surface area contributed by atoms with Gasteiger partial charge in [0, 0.05) is 20.0 Å². The maximum absolute atomic E-state index is 12.5. The van der Waals surface area contributed by atoms with Crippen LogP contribution in [0.5, 0.6) is 5.75 Å². The van der Waals surface area contributed by atoms with Crippen molar-refractivity contribution < 1.29 is 33.5 Å². The van der Waals surface area contributed by atoms with Crippen LogP contribution in [0, 0.1) is 0 Å². The number of carbonyl (C=O) groups is 4. The lowest BCUT2D eigenvalue weighted by Gasteiger charge is -2.29. The summed E-state index contributed by atoms with van der Waals surface area (Å²) >= 11 is 0. The zero-order chi connectivity index (χ0) is 34.8. The molecule has 2 aromatic carbocycles. The molecule has 12 heteroatoms. The summed E-state index contributed by atoms with van der Waals surface area (Å²) in [5.74, 6) is -0.525. The first kappa shape index (κ1) is 39.2. The minimum Gasteiger partial charge on any atom is -0.494 e. The van der Waals surface area contributed by atoms with Crippen molar-refractivity contribution in [2.45, 2.75) is 70.9 Å². The molecule has 0 fully saturated rings. The van der Waals surface area contributed by atoms with Crippen LogP contribution in [-0.2, 0) is 32.0 Å². The summed E-state index contributed by atoms with van der Waals surface area (Å²) in [6, 6.07) is 12.4. The Balaban J connectivity index is 1.65. The highest BCUT2D eigenvalue weighted by Gasteiger charge is 2.21. The monoisotopic (exact) mass is 655 g/mol. The lowest BCUT2D eigenvalue weighted by atomic mass is 9.96. The number of hydrogen-bond donors (Lipinski definition) is 6. The third-order valence-electron chi connectivity index (χ3n) is 7.90. The molecular weight excluding hydrogens is 600 g/mol. The first-order valence-electron chi connectivity index (χ1n) is 16.5. The highest BCUT2D eigenvalue weighted by molar-refractivity contribution is 5.81. The van der Waals surface area contributed by atoms with Gasteiger partial charge in [0.15, 0.2) is 6.54 Å². The quantitative estimate of drug-likeness (QED) is 0.0821. The van der Waals surface area contributed by atoms with Crippen molar-refractivity contribution in [1.29, 1.82) is 0 Å². The molecule has 0 aromatic heterocycles. The number of nitrogens with two attached hydrogens (primary N) is 2. The standard InChI is InChI=1S/C35H54N6O6/c1-5-27-23-29(15-16-30(27)28-13-11-26(12-14-28)22-32(37)35(45)46)47-21-9-8-18-39-33(43)24-41(3,4)20-19-40-34(44)31(36)10-6-7-17-38-25(2)42/h11-16,23,31-32H,5-10,17-22,24,36-37H2,1-4H3,(H3-,38,39,40,42,43,44,45,46)/p+1/t31-,32-/m0/s1. The Kier molecular flexibility index (Phi) is 16.9. The smallest absolute Gasteiger partial charge is 0.320 e. The summed E-state index contributed by atoms with van der Waals surface area (Å²) in [6.07, 6.45) is 4.77. The van der Waals surface area contributed by atoms with Gasteiger partial charge < -0.3 is 41.7 Å². The van der Waals surface area contributed by atoms with E-state index in [0.717, 1.165) is 60.1 Å². The zero-order valence-electron chi connectivity index (χ0n) is 28.5. The fourth-order valence-corrected chi connectivity index (χ4v) is 5.06. The molecule has 0 aliphatic heterocycles. The molecular formula is C35H55N6O6+. The van der Waals surface area contributed by atoms with E-state index in [0.29, 0.717) is 50.2 Å². The predicted octanol–water partition coefficient (Wildman–Crippen LogP) is 1.97. The second-order valence-corrected chi connectivity index (χ2v) is 12.6. The van der Waals surface area contributed by atoms with Gasteiger partial charge in [-0.15, -0.1) is 0 Å². The number of benzene rings is 2. The molecule has 47 heavy (non-hydrogen) atoms. The van der Waals surface area contributed by atoms with E-state index >= 15 is 0 Å². The molecule has 0 aliphatic carbocycles. The molecule has 12 nitrogen and oxygen atoms in total. The molecule has 0 unspecified atom stereocenters. The minimum absolute atomic E-state index is 0.0425. The van der Waals surface area contributed by atoms with E-state index in [1.165, 1.54) is 6.92 Å². The molecule has 0 saturated heterocycles. The van der Waals surface area contributed by atoms with Crippen LogP contribution in [-0.4, -0.2) is 98.8 Å². The maximum Gasteiger partial charge on any atom is 0.320 e. The van der Waals surface area contributed by atoms with Gasteiger partial charge in [-0.3, -0.25) is 19.2 Å². The number of hydrogen-bond acceptors (Lipinski definition) is 7. The molecule has 0 radical (unpaired) electrons. The van der Waals surface area contributed by atoms with Crippen LogP contribution >= 0.6 is 0 Å². The van der Waals surface area contributed by atoms with Crippen LogP contribution < -0.4 is 32.2 Å². The van der Waals surface area contributed by atoms with E-state index < -0.39 is 18.1 Å². The van der Waals surface area contributed by atoms with Crippen molar-refractivity contribution in [3.63, 3.8) is 0 Å². The average molecular weight is 656 g/mol. The molecule has 260 valence electrons. The molecule has 8 N–H and O–H groups in total. The van der Waals surface area contributed by atoms with Crippen molar-refractivity contribution in [1.82, 2.24) is 16.0 Å². The van der Waals surface area contributed by atoms with Crippen molar-refractivity contribution in [2.75, 3.05) is 53.4 Å². The summed E-state index contributed by atoms with van der Waals surface area (Å²) in [5.41, 5.74) is 15.8. The van der Waals surface area contributed by atoms with Crippen LogP contribution in [0.4, 0.5) is 0 Å². The Morgan fingerprint density at radius 3 is 2.21 bits per heavy atom. The number of likely N-dealkylation sites (N-methyl/N-ethyl adjacent to an activating group) is 1. The fraction of sp³-hybridized carbons (Fsp3) is 0.543. The first-order valence-corrected chi connectivity index (χ1v) is 16.5. The predicted molar refractivity (Wildman–Crippen MR) is 184 cm³/mol. The molecule has 0 spiro atoms. The molecule has 0 saturated carbocycles. The van der Waals surface area contributed by atoms with Gasteiger partial charge in [0.25, 0.3) is 5.91 Å². The second kappa shape index (κ2) is 20.3. The Morgan fingerprint density at radius 2 is 1.55 bits per heavy atom. The summed E-state index contributed by atoms with van der Waals surface area (Å²) in [6.45, 7) is 6.55. The zero-order valence-corrected chi connectivity index (χ0v) is 28.5. The van der Waals surface area contributed by atoms with E-state index in [1.807, 2.05) is 50.5 Å². The molecule has 0 aliphatic rings. The SMILES string of the molecule is CCc1cc(OCCCCNC(=O)C[N+](C)(C)CCNC(=O)[C@@H](N)CCCCNC(C)=O)ccc1-c1ccc(C[C@H](N)C(=O)O)cc1. The number of nitrogens with zero attached hydrogens (tertiary/aromatic N) is 1. The number of aliphatic carboxylic acids is 1. The van der Waals surface area contributed by atoms with E-state index in [4.69, 9.17) is 21.3 Å². The number of ether oxygens (including phenoxy) is 1. The van der Waals surface area contributed by atoms with Crippen molar-refractivity contribution in [3.05, 3.63) is 53.6 Å². The van der Waals surface area contributed by atoms with Crippen LogP contribution in [0.15, 0.2) is 42.5 Å². The van der Waals surface area contributed by atoms with E-state index in [-0.39, 0.29) is 24.1 Å². The van der Waals surface area contributed by atoms with Crippen molar-refractivity contribution in [3.8, 4) is 16.9 Å². The number of carbonyl (C=O) groups excluding carboxylic acids is 3. The number of carboxylic acids is 1. The number of amides is 3. The third kappa shape index (κ3) is 15.4. The minimum atomic E-state index is -1.01. The number of carboxylic acid groups (broad SMARTS) is 1. The van der Waals surface area contributed by atoms with E-state index in [2.05, 4.69) is 28.9 Å². The van der Waals surface area contributed by atoms with Gasteiger partial charge in [0.1, 0.15) is 11.8 Å². The lowest BCUT2D eigenvalue weighted by Crippen LogP contribution is -2.52. The number of quaternary nitrogens is 1. The topological polar surface area (TPSA) is 186 Å². The van der Waals surface area contributed by atoms with Crippen LogP contribution in [0.25, 0.3) is 11.1 Å². The summed E-state index contributed by atoms with van der Waals surface area (Å²) in [7, 11) is 3.90. The first-order chi connectivity index (χ1) is 22.3. The highest BCUT2D eigenvalue weighted by atomic mass is 16.5. The summed E-state index contributed by atoms with van der Waals surface area (Å²) in [5, 5.41) is 17.6. The normalized spacial score (nSPS) is 12.6. The van der Waals surface area contributed by atoms with Gasteiger partial charge in [-0.1, -0.05) is 37.3 Å². The maximum atomic E-state index is 12.5. The van der Waals surface area contributed by atoms with Crippen LogP contribution in [0.2, 0.25) is 0 Å².